The number of nitrogens with zero attached hydrogens (tertiary/aromatic N) is 1. The molecule has 1 nitrogen and oxygen atoms in total. The van der Waals surface area contributed by atoms with Crippen LogP contribution in [0.1, 0.15) is 20.3 Å². The van der Waals surface area contributed by atoms with Gasteiger partial charge in [-0.25, -0.2) is 0 Å². The average molecular weight is 97.2 g/mol. The first kappa shape index (κ1) is 6.41. The maximum absolute atomic E-state index is 3.59. The zero-order valence-corrected chi connectivity index (χ0v) is 4.94. The van der Waals surface area contributed by atoms with Crippen LogP contribution in [-0.4, -0.2) is 6.72 Å². The molecule has 7 heavy (non-hydrogen) atoms. The largest absolute Gasteiger partial charge is 0.273 e. The second-order valence-electron chi connectivity index (χ2n) is 1.51. The highest BCUT2D eigenvalue weighted by Crippen LogP contribution is 1.95. The summed E-state index contributed by atoms with van der Waals surface area (Å²) in [5.74, 6) is 0. The highest BCUT2D eigenvalue weighted by Gasteiger charge is 1.75. The van der Waals surface area contributed by atoms with Gasteiger partial charge in [0.05, 0.1) is 0 Å². The third-order valence-electron chi connectivity index (χ3n) is 0.869. The summed E-state index contributed by atoms with van der Waals surface area (Å²) < 4.78 is 0. The first-order chi connectivity index (χ1) is 3.31. The Bertz CT molecular complexity index is 82.2. The Labute approximate surface area is 44.8 Å². The molecule has 0 aromatic carbocycles. The monoisotopic (exact) mass is 97.1 g/mol. The molecular weight excluding hydrogens is 86.1 g/mol. The van der Waals surface area contributed by atoms with Crippen LogP contribution in [0.3, 0.4) is 0 Å². The molecule has 40 valence electrons. The summed E-state index contributed by atoms with van der Waals surface area (Å²) in [4.78, 5) is 3.59. The lowest BCUT2D eigenvalue weighted by atomic mass is 10.3. The van der Waals surface area contributed by atoms with Gasteiger partial charge < -0.3 is 0 Å². The summed E-state index contributed by atoms with van der Waals surface area (Å²) in [6.07, 6.45) is 2.85. The van der Waals surface area contributed by atoms with E-state index in [2.05, 4.69) is 18.6 Å². The van der Waals surface area contributed by atoms with Crippen LogP contribution in [0.2, 0.25) is 0 Å². The normalized spacial score (nSPS) is 11.4. The van der Waals surface area contributed by atoms with Gasteiger partial charge in [-0.3, -0.25) is 4.99 Å². The van der Waals surface area contributed by atoms with Crippen molar-refractivity contribution in [3.63, 3.8) is 0 Å². The van der Waals surface area contributed by atoms with Crippen molar-refractivity contribution in [1.29, 1.82) is 0 Å². The van der Waals surface area contributed by atoms with E-state index in [9.17, 15) is 0 Å². The average Bonchev–Trinajstić information content (AvgIpc) is 1.68. The van der Waals surface area contributed by atoms with Crippen molar-refractivity contribution >= 4 is 6.72 Å². The molecular formula is C6H11N. The minimum absolute atomic E-state index is 1.07. The Morgan fingerprint density at radius 2 is 2.43 bits per heavy atom. The molecule has 0 aliphatic rings. The molecule has 0 rings (SSSR count). The van der Waals surface area contributed by atoms with Gasteiger partial charge in [0.2, 0.25) is 0 Å². The third kappa shape index (κ3) is 3.23. The van der Waals surface area contributed by atoms with Gasteiger partial charge in [-0.05, 0) is 20.1 Å². The third-order valence-corrected chi connectivity index (χ3v) is 0.869. The molecule has 0 aromatic rings. The maximum Gasteiger partial charge on any atom is 0.0249 e. The standard InChI is InChI=1S/C6H11N/c1-4-6(2)5-7-3/h5H,3-4H2,1-2H3. The molecule has 0 aromatic heterocycles. The Morgan fingerprint density at radius 3 is 2.57 bits per heavy atom. The fourth-order valence-electron chi connectivity index (χ4n) is 0.247. The molecule has 0 aliphatic carbocycles. The van der Waals surface area contributed by atoms with Crippen molar-refractivity contribution in [2.75, 3.05) is 0 Å². The van der Waals surface area contributed by atoms with Crippen LogP contribution in [-0.2, 0) is 0 Å². The van der Waals surface area contributed by atoms with E-state index in [0.717, 1.165) is 6.42 Å². The van der Waals surface area contributed by atoms with E-state index in [4.69, 9.17) is 0 Å². The second-order valence-corrected chi connectivity index (χ2v) is 1.51. The van der Waals surface area contributed by atoms with E-state index in [0.29, 0.717) is 0 Å². The summed E-state index contributed by atoms with van der Waals surface area (Å²) in [5, 5.41) is 0. The number of aliphatic imine (C=N–C) groups is 1. The highest BCUT2D eigenvalue weighted by atomic mass is 14.6. The van der Waals surface area contributed by atoms with Gasteiger partial charge in [-0.1, -0.05) is 12.5 Å². The maximum atomic E-state index is 3.59. The predicted molar refractivity (Wildman–Crippen MR) is 33.6 cm³/mol. The van der Waals surface area contributed by atoms with Gasteiger partial charge in [0.15, 0.2) is 0 Å². The minimum Gasteiger partial charge on any atom is -0.273 e. The van der Waals surface area contributed by atoms with Crippen molar-refractivity contribution in [2.24, 2.45) is 4.99 Å². The van der Waals surface area contributed by atoms with Crippen LogP contribution >= 0.6 is 0 Å². The van der Waals surface area contributed by atoms with E-state index < -0.39 is 0 Å². The minimum atomic E-state index is 1.07. The van der Waals surface area contributed by atoms with Crippen LogP contribution in [0.5, 0.6) is 0 Å². The molecule has 0 spiro atoms. The molecule has 0 aliphatic heterocycles. The molecule has 0 unspecified atom stereocenters. The summed E-state index contributed by atoms with van der Waals surface area (Å²) >= 11 is 0. The zero-order valence-electron chi connectivity index (χ0n) is 4.94. The molecule has 0 radical (unpaired) electrons. The first-order valence-electron chi connectivity index (χ1n) is 2.42. The fourth-order valence-corrected chi connectivity index (χ4v) is 0.247. The van der Waals surface area contributed by atoms with E-state index >= 15 is 0 Å². The van der Waals surface area contributed by atoms with Crippen LogP contribution in [0.15, 0.2) is 16.8 Å². The molecule has 0 saturated carbocycles. The molecule has 0 amide bonds. The van der Waals surface area contributed by atoms with E-state index in [1.165, 1.54) is 5.57 Å². The second kappa shape index (κ2) is 3.59. The van der Waals surface area contributed by atoms with Crippen LogP contribution in [0.25, 0.3) is 0 Å². The molecule has 1 heteroatoms. The Kier molecular flexibility index (Phi) is 3.29. The lowest BCUT2D eigenvalue weighted by Gasteiger charge is -1.85. The SMILES string of the molecule is C=NC=C(C)CC. The number of hydrogen-bond acceptors (Lipinski definition) is 1. The van der Waals surface area contributed by atoms with E-state index in [-0.39, 0.29) is 0 Å². The van der Waals surface area contributed by atoms with Gasteiger partial charge in [-0.15, -0.1) is 0 Å². The van der Waals surface area contributed by atoms with Crippen molar-refractivity contribution in [2.45, 2.75) is 20.3 Å². The molecule has 0 saturated heterocycles. The molecule has 0 heterocycles. The smallest absolute Gasteiger partial charge is 0.0249 e. The predicted octanol–water partition coefficient (Wildman–Crippen LogP) is 2.00. The van der Waals surface area contributed by atoms with E-state index in [1.807, 2.05) is 6.92 Å². The lowest BCUT2D eigenvalue weighted by Crippen LogP contribution is -1.65. The Hall–Kier alpha value is -0.590. The van der Waals surface area contributed by atoms with Crippen molar-refractivity contribution in [3.8, 4) is 0 Å². The lowest BCUT2D eigenvalue weighted by molar-refractivity contribution is 1.09. The number of allylic oxidation sites excluding steroid dienone is 1. The van der Waals surface area contributed by atoms with Gasteiger partial charge in [0.25, 0.3) is 0 Å². The first-order valence-corrected chi connectivity index (χ1v) is 2.42. The quantitative estimate of drug-likeness (QED) is 0.467. The fraction of sp³-hybridized carbons (Fsp3) is 0.500. The molecule has 0 bridgehead atoms. The van der Waals surface area contributed by atoms with Gasteiger partial charge in [-0.2, -0.15) is 0 Å². The zero-order chi connectivity index (χ0) is 5.70. The van der Waals surface area contributed by atoms with Crippen molar-refractivity contribution in [3.05, 3.63) is 11.8 Å². The molecule has 0 N–H and O–H groups in total. The summed E-state index contributed by atoms with van der Waals surface area (Å²) in [6, 6.07) is 0. The number of rotatable bonds is 2. The van der Waals surface area contributed by atoms with Gasteiger partial charge in [0.1, 0.15) is 0 Å². The molecule has 0 fully saturated rings. The van der Waals surface area contributed by atoms with Gasteiger partial charge in [0, 0.05) is 6.20 Å². The summed E-state index contributed by atoms with van der Waals surface area (Å²) in [6.45, 7) is 7.45. The van der Waals surface area contributed by atoms with Crippen LogP contribution in [0, 0.1) is 0 Å². The topological polar surface area (TPSA) is 12.4 Å². The van der Waals surface area contributed by atoms with E-state index in [1.54, 1.807) is 6.20 Å². The Morgan fingerprint density at radius 1 is 1.86 bits per heavy atom. The van der Waals surface area contributed by atoms with Crippen molar-refractivity contribution in [1.82, 2.24) is 0 Å². The Balaban J connectivity index is 3.49. The summed E-state index contributed by atoms with van der Waals surface area (Å²) in [5.41, 5.74) is 1.27. The number of hydrogen-bond donors (Lipinski definition) is 0. The molecule has 0 atom stereocenters. The summed E-state index contributed by atoms with van der Waals surface area (Å²) in [7, 11) is 0. The van der Waals surface area contributed by atoms with Crippen molar-refractivity contribution < 1.29 is 0 Å². The highest BCUT2D eigenvalue weighted by molar-refractivity contribution is 5.26. The van der Waals surface area contributed by atoms with Gasteiger partial charge >= 0.3 is 0 Å². The van der Waals surface area contributed by atoms with Crippen LogP contribution in [0.4, 0.5) is 0 Å². The van der Waals surface area contributed by atoms with Crippen LogP contribution < -0.4 is 0 Å².